The van der Waals surface area contributed by atoms with E-state index >= 15 is 0 Å². The van der Waals surface area contributed by atoms with Gasteiger partial charge in [-0.05, 0) is 30.5 Å². The quantitative estimate of drug-likeness (QED) is 0.865. The van der Waals surface area contributed by atoms with Crippen molar-refractivity contribution < 1.29 is 23.8 Å². The molecule has 2 bridgehead atoms. The van der Waals surface area contributed by atoms with Crippen LogP contribution in [0.5, 0.6) is 5.75 Å². The maximum Gasteiger partial charge on any atom is 0.410 e. The minimum atomic E-state index is -1.29. The number of halogens is 1. The number of benzene rings is 2. The standard InChI is InChI=1S/C22H24FNO4/c1-27-18-9-10-19(20(23)11-18)22(26)12-16-7-8-17(13-22)24(16)21(25)28-14-15-5-3-2-4-6-15/h2-6,9-11,16-17,26H,7-8,12-14H2,1H3. The van der Waals surface area contributed by atoms with Crippen molar-refractivity contribution in [3.05, 3.63) is 65.5 Å². The first-order valence-electron chi connectivity index (χ1n) is 9.55. The summed E-state index contributed by atoms with van der Waals surface area (Å²) in [6.07, 6.45) is 1.80. The van der Waals surface area contributed by atoms with Crippen molar-refractivity contribution >= 4 is 6.09 Å². The van der Waals surface area contributed by atoms with Crippen LogP contribution in [0.2, 0.25) is 0 Å². The van der Waals surface area contributed by atoms with Gasteiger partial charge in [0.25, 0.3) is 0 Å². The molecule has 2 heterocycles. The summed E-state index contributed by atoms with van der Waals surface area (Å²) >= 11 is 0. The third kappa shape index (κ3) is 3.44. The van der Waals surface area contributed by atoms with Gasteiger partial charge < -0.3 is 19.5 Å². The Morgan fingerprint density at radius 1 is 1.18 bits per heavy atom. The molecule has 4 rings (SSSR count). The molecule has 1 amide bonds. The number of methoxy groups -OCH3 is 1. The van der Waals surface area contributed by atoms with Crippen LogP contribution in [0.15, 0.2) is 48.5 Å². The molecular weight excluding hydrogens is 361 g/mol. The highest BCUT2D eigenvalue weighted by Gasteiger charge is 2.51. The Balaban J connectivity index is 1.47. The average molecular weight is 385 g/mol. The lowest BCUT2D eigenvalue weighted by molar-refractivity contribution is -0.0556. The van der Waals surface area contributed by atoms with Gasteiger partial charge in [0.2, 0.25) is 0 Å². The van der Waals surface area contributed by atoms with E-state index in [1.807, 2.05) is 30.3 Å². The molecule has 2 aliphatic heterocycles. The number of rotatable bonds is 4. The number of fused-ring (bicyclic) bond motifs is 2. The topological polar surface area (TPSA) is 59.0 Å². The van der Waals surface area contributed by atoms with Crippen LogP contribution >= 0.6 is 0 Å². The van der Waals surface area contributed by atoms with E-state index in [4.69, 9.17) is 9.47 Å². The van der Waals surface area contributed by atoms with Gasteiger partial charge in [-0.1, -0.05) is 30.3 Å². The number of amides is 1. The van der Waals surface area contributed by atoms with Gasteiger partial charge in [-0.25, -0.2) is 9.18 Å². The maximum absolute atomic E-state index is 14.6. The largest absolute Gasteiger partial charge is 0.497 e. The Morgan fingerprint density at radius 3 is 2.46 bits per heavy atom. The zero-order valence-electron chi connectivity index (χ0n) is 15.8. The molecule has 148 valence electrons. The predicted octanol–water partition coefficient (Wildman–Crippen LogP) is 3.99. The van der Waals surface area contributed by atoms with E-state index in [1.54, 1.807) is 17.0 Å². The summed E-state index contributed by atoms with van der Waals surface area (Å²) in [5, 5.41) is 11.2. The minimum absolute atomic E-state index is 0.159. The summed E-state index contributed by atoms with van der Waals surface area (Å²) in [7, 11) is 1.48. The van der Waals surface area contributed by atoms with Crippen LogP contribution in [0.4, 0.5) is 9.18 Å². The fourth-order valence-corrected chi connectivity index (χ4v) is 4.54. The highest BCUT2D eigenvalue weighted by Crippen LogP contribution is 2.46. The van der Waals surface area contributed by atoms with Crippen molar-refractivity contribution in [3.8, 4) is 5.75 Å². The van der Waals surface area contributed by atoms with Crippen molar-refractivity contribution in [2.45, 2.75) is 50.0 Å². The molecule has 2 atom stereocenters. The molecule has 0 saturated carbocycles. The molecule has 2 aliphatic rings. The first kappa shape index (κ1) is 18.7. The second-order valence-corrected chi connectivity index (χ2v) is 7.62. The number of hydrogen-bond acceptors (Lipinski definition) is 4. The number of piperidine rings is 1. The lowest BCUT2D eigenvalue weighted by Gasteiger charge is -2.43. The molecule has 0 aliphatic carbocycles. The Morgan fingerprint density at radius 2 is 1.86 bits per heavy atom. The highest BCUT2D eigenvalue weighted by atomic mass is 19.1. The summed E-state index contributed by atoms with van der Waals surface area (Å²) in [6, 6.07) is 13.7. The number of aliphatic hydroxyl groups is 1. The Hall–Kier alpha value is -2.60. The maximum atomic E-state index is 14.6. The molecule has 6 heteroatoms. The van der Waals surface area contributed by atoms with Crippen molar-refractivity contribution in [3.63, 3.8) is 0 Å². The van der Waals surface area contributed by atoms with Crippen LogP contribution in [-0.2, 0) is 16.9 Å². The van der Waals surface area contributed by atoms with Gasteiger partial charge in [0, 0.05) is 36.6 Å². The summed E-state index contributed by atoms with van der Waals surface area (Å²) in [5.41, 5.74) is -0.0993. The van der Waals surface area contributed by atoms with Crippen molar-refractivity contribution in [2.75, 3.05) is 7.11 Å². The summed E-state index contributed by atoms with van der Waals surface area (Å²) in [5.74, 6) is -0.0731. The second-order valence-electron chi connectivity index (χ2n) is 7.62. The van der Waals surface area contributed by atoms with Crippen LogP contribution in [0.3, 0.4) is 0 Å². The van der Waals surface area contributed by atoms with E-state index < -0.39 is 11.4 Å². The van der Waals surface area contributed by atoms with Crippen LogP contribution in [-0.4, -0.2) is 35.3 Å². The number of carbonyl (C=O) groups is 1. The Kier molecular flexibility index (Phi) is 4.98. The van der Waals surface area contributed by atoms with E-state index in [1.165, 1.54) is 13.2 Å². The third-order valence-corrected chi connectivity index (χ3v) is 5.86. The third-order valence-electron chi connectivity index (χ3n) is 5.86. The molecule has 28 heavy (non-hydrogen) atoms. The normalized spacial score (nSPS) is 26.2. The molecule has 2 aromatic carbocycles. The Bertz CT molecular complexity index is 843. The molecule has 0 radical (unpaired) electrons. The van der Waals surface area contributed by atoms with Crippen LogP contribution in [0.1, 0.15) is 36.8 Å². The average Bonchev–Trinajstić information content (AvgIpc) is 2.98. The molecule has 0 spiro atoms. The lowest BCUT2D eigenvalue weighted by Crippen LogP contribution is -2.52. The fourth-order valence-electron chi connectivity index (χ4n) is 4.54. The van der Waals surface area contributed by atoms with Gasteiger partial charge in [-0.15, -0.1) is 0 Å². The van der Waals surface area contributed by atoms with E-state index in [0.29, 0.717) is 18.6 Å². The van der Waals surface area contributed by atoms with E-state index in [0.717, 1.165) is 18.4 Å². The number of ether oxygens (including phenoxy) is 2. The predicted molar refractivity (Wildman–Crippen MR) is 101 cm³/mol. The molecular formula is C22H24FNO4. The van der Waals surface area contributed by atoms with Gasteiger partial charge in [0.1, 0.15) is 18.2 Å². The van der Waals surface area contributed by atoms with Crippen molar-refractivity contribution in [1.82, 2.24) is 4.90 Å². The second kappa shape index (κ2) is 7.43. The minimum Gasteiger partial charge on any atom is -0.497 e. The molecule has 0 aromatic heterocycles. The number of hydrogen-bond donors (Lipinski definition) is 1. The van der Waals surface area contributed by atoms with E-state index in [-0.39, 0.29) is 30.3 Å². The molecule has 2 aromatic rings. The summed E-state index contributed by atoms with van der Waals surface area (Å²) < 4.78 is 25.1. The van der Waals surface area contributed by atoms with Gasteiger partial charge in [0.15, 0.2) is 0 Å². The lowest BCUT2D eigenvalue weighted by atomic mass is 9.80. The van der Waals surface area contributed by atoms with Gasteiger partial charge in [-0.3, -0.25) is 0 Å². The zero-order chi connectivity index (χ0) is 19.7. The van der Waals surface area contributed by atoms with Gasteiger partial charge in [-0.2, -0.15) is 0 Å². The van der Waals surface area contributed by atoms with Gasteiger partial charge in [0.05, 0.1) is 12.7 Å². The van der Waals surface area contributed by atoms with Gasteiger partial charge >= 0.3 is 6.09 Å². The van der Waals surface area contributed by atoms with Crippen molar-refractivity contribution in [2.24, 2.45) is 0 Å². The van der Waals surface area contributed by atoms with E-state index in [2.05, 4.69) is 0 Å². The zero-order valence-corrected chi connectivity index (χ0v) is 15.8. The van der Waals surface area contributed by atoms with Crippen LogP contribution in [0.25, 0.3) is 0 Å². The first-order valence-corrected chi connectivity index (χ1v) is 9.55. The molecule has 2 fully saturated rings. The first-order chi connectivity index (χ1) is 13.5. The highest BCUT2D eigenvalue weighted by molar-refractivity contribution is 5.69. The molecule has 2 unspecified atom stereocenters. The molecule has 5 nitrogen and oxygen atoms in total. The summed E-state index contributed by atoms with van der Waals surface area (Å²) in [4.78, 5) is 14.4. The monoisotopic (exact) mass is 385 g/mol. The SMILES string of the molecule is COc1ccc(C2(O)CC3CCC(C2)N3C(=O)OCc2ccccc2)c(F)c1. The molecule has 1 N–H and O–H groups in total. The van der Waals surface area contributed by atoms with E-state index in [9.17, 15) is 14.3 Å². The number of nitrogens with zero attached hydrogens (tertiary/aromatic N) is 1. The molecule has 2 saturated heterocycles. The summed E-state index contributed by atoms with van der Waals surface area (Å²) in [6.45, 7) is 0.215. The fraction of sp³-hybridized carbons (Fsp3) is 0.409. The van der Waals surface area contributed by atoms with Crippen molar-refractivity contribution in [1.29, 1.82) is 0 Å². The smallest absolute Gasteiger partial charge is 0.410 e. The number of carbonyl (C=O) groups excluding carboxylic acids is 1. The van der Waals surface area contributed by atoms with Crippen LogP contribution < -0.4 is 4.74 Å². The van der Waals surface area contributed by atoms with Crippen LogP contribution in [0, 0.1) is 5.82 Å². The Labute approximate surface area is 163 Å².